The summed E-state index contributed by atoms with van der Waals surface area (Å²) < 4.78 is 0. The van der Waals surface area contributed by atoms with Crippen LogP contribution in [0.2, 0.25) is 0 Å². The molecule has 0 saturated carbocycles. The Bertz CT molecular complexity index is 224. The molecule has 0 aromatic carbocycles. The highest BCUT2D eigenvalue weighted by Crippen LogP contribution is 2.24. The van der Waals surface area contributed by atoms with Gasteiger partial charge in [-0.15, -0.1) is 0 Å². The predicted molar refractivity (Wildman–Crippen MR) is 49.2 cm³/mol. The van der Waals surface area contributed by atoms with Gasteiger partial charge in [0.15, 0.2) is 0 Å². The fourth-order valence-corrected chi connectivity index (χ4v) is 1.24. The van der Waals surface area contributed by atoms with Gasteiger partial charge < -0.3 is 5.32 Å². The van der Waals surface area contributed by atoms with Gasteiger partial charge in [0.2, 0.25) is 5.91 Å². The summed E-state index contributed by atoms with van der Waals surface area (Å²) in [4.78, 5) is 23.7. The Balaban J connectivity index is 2.75. The average Bonchev–Trinajstić information content (AvgIpc) is 1.97. The normalized spacial score (nSPS) is 24.6. The summed E-state index contributed by atoms with van der Waals surface area (Å²) in [5.74, 6) is -0.108. The molecule has 0 aromatic heterocycles. The fourth-order valence-electron chi connectivity index (χ4n) is 1.24. The van der Waals surface area contributed by atoms with Crippen LogP contribution in [0.4, 0.5) is 4.79 Å². The second kappa shape index (κ2) is 3.01. The van der Waals surface area contributed by atoms with Crippen LogP contribution in [-0.2, 0) is 4.79 Å². The Hall–Kier alpha value is -1.06. The van der Waals surface area contributed by atoms with Gasteiger partial charge in [-0.3, -0.25) is 9.69 Å². The molecule has 1 N–H and O–H groups in total. The molecule has 4 heteroatoms. The van der Waals surface area contributed by atoms with Gasteiger partial charge in [0.05, 0.1) is 0 Å². The van der Waals surface area contributed by atoms with Gasteiger partial charge in [0.1, 0.15) is 0 Å². The van der Waals surface area contributed by atoms with E-state index in [1.807, 2.05) is 20.8 Å². The maximum atomic E-state index is 11.3. The average molecular weight is 184 g/mol. The zero-order valence-electron chi connectivity index (χ0n) is 8.55. The van der Waals surface area contributed by atoms with E-state index >= 15 is 0 Å². The van der Waals surface area contributed by atoms with Crippen molar-refractivity contribution in [1.82, 2.24) is 10.2 Å². The van der Waals surface area contributed by atoms with E-state index in [0.717, 1.165) is 4.90 Å². The van der Waals surface area contributed by atoms with Crippen LogP contribution in [0.25, 0.3) is 0 Å². The Morgan fingerprint density at radius 3 is 2.31 bits per heavy atom. The summed E-state index contributed by atoms with van der Waals surface area (Å²) in [5, 5.41) is 2.80. The highest BCUT2D eigenvalue weighted by atomic mass is 16.2. The van der Waals surface area contributed by atoms with E-state index in [2.05, 4.69) is 5.32 Å². The molecule has 0 aromatic rings. The van der Waals surface area contributed by atoms with Gasteiger partial charge in [-0.25, -0.2) is 4.79 Å². The van der Waals surface area contributed by atoms with Gasteiger partial charge in [0, 0.05) is 19.5 Å². The van der Waals surface area contributed by atoms with Crippen molar-refractivity contribution in [2.24, 2.45) is 5.41 Å². The van der Waals surface area contributed by atoms with Crippen molar-refractivity contribution >= 4 is 11.9 Å². The van der Waals surface area contributed by atoms with E-state index in [9.17, 15) is 9.59 Å². The third-order valence-electron chi connectivity index (χ3n) is 2.40. The fraction of sp³-hybridized carbons (Fsp3) is 0.778. The Morgan fingerprint density at radius 2 is 1.92 bits per heavy atom. The Kier molecular flexibility index (Phi) is 2.32. The maximum Gasteiger partial charge on any atom is 0.324 e. The van der Waals surface area contributed by atoms with Gasteiger partial charge >= 0.3 is 6.03 Å². The van der Waals surface area contributed by atoms with Crippen molar-refractivity contribution in [2.75, 3.05) is 7.05 Å². The number of imide groups is 1. The molecule has 4 nitrogen and oxygen atoms in total. The molecule has 3 amide bonds. The quantitative estimate of drug-likeness (QED) is 0.610. The Morgan fingerprint density at radius 1 is 1.38 bits per heavy atom. The molecule has 1 fully saturated rings. The molecule has 0 bridgehead atoms. The summed E-state index contributed by atoms with van der Waals surface area (Å²) >= 11 is 0. The first-order valence-corrected chi connectivity index (χ1v) is 4.39. The molecule has 0 aliphatic carbocycles. The second-order valence-corrected chi connectivity index (χ2v) is 4.52. The molecule has 1 rings (SSSR count). The lowest BCUT2D eigenvalue weighted by Gasteiger charge is -2.36. The molecule has 13 heavy (non-hydrogen) atoms. The molecular weight excluding hydrogens is 168 g/mol. The minimum Gasteiger partial charge on any atom is -0.334 e. The van der Waals surface area contributed by atoms with E-state index in [0.29, 0.717) is 6.42 Å². The van der Waals surface area contributed by atoms with Crippen LogP contribution in [0, 0.1) is 5.41 Å². The van der Waals surface area contributed by atoms with Crippen molar-refractivity contribution in [3.63, 3.8) is 0 Å². The molecule has 1 heterocycles. The van der Waals surface area contributed by atoms with Gasteiger partial charge in [-0.05, 0) is 5.41 Å². The molecule has 1 aliphatic heterocycles. The number of nitrogens with one attached hydrogen (secondary N) is 1. The molecule has 1 aliphatic rings. The van der Waals surface area contributed by atoms with E-state index in [1.54, 1.807) is 0 Å². The van der Waals surface area contributed by atoms with Crippen LogP contribution >= 0.6 is 0 Å². The lowest BCUT2D eigenvalue weighted by molar-refractivity contribution is -0.129. The van der Waals surface area contributed by atoms with Crippen molar-refractivity contribution in [3.8, 4) is 0 Å². The van der Waals surface area contributed by atoms with Crippen LogP contribution in [0.5, 0.6) is 0 Å². The van der Waals surface area contributed by atoms with Crippen LogP contribution < -0.4 is 5.32 Å². The summed E-state index contributed by atoms with van der Waals surface area (Å²) in [6.45, 7) is 6.03. The molecule has 1 saturated heterocycles. The topological polar surface area (TPSA) is 49.4 Å². The van der Waals surface area contributed by atoms with E-state index in [-0.39, 0.29) is 23.4 Å². The SMILES string of the molecule is CN1C(=O)CC(C(C)(C)C)NC1=O. The van der Waals surface area contributed by atoms with Crippen LogP contribution in [0.3, 0.4) is 0 Å². The first kappa shape index (κ1) is 10.0. The number of nitrogens with zero attached hydrogens (tertiary/aromatic N) is 1. The number of rotatable bonds is 0. The monoisotopic (exact) mass is 184 g/mol. The second-order valence-electron chi connectivity index (χ2n) is 4.52. The number of carbonyl (C=O) groups is 2. The summed E-state index contributed by atoms with van der Waals surface area (Å²) in [6, 6.07) is -0.347. The smallest absolute Gasteiger partial charge is 0.324 e. The van der Waals surface area contributed by atoms with Crippen LogP contribution in [0.1, 0.15) is 27.2 Å². The lowest BCUT2D eigenvalue weighted by atomic mass is 9.84. The van der Waals surface area contributed by atoms with Crippen LogP contribution in [0.15, 0.2) is 0 Å². The number of hydrogen-bond donors (Lipinski definition) is 1. The standard InChI is InChI=1S/C9H16N2O2/c1-9(2,3)6-5-7(12)11(4)8(13)10-6/h6H,5H2,1-4H3,(H,10,13). The van der Waals surface area contributed by atoms with Crippen molar-refractivity contribution in [3.05, 3.63) is 0 Å². The van der Waals surface area contributed by atoms with E-state index < -0.39 is 0 Å². The lowest BCUT2D eigenvalue weighted by Crippen LogP contribution is -2.56. The summed E-state index contributed by atoms with van der Waals surface area (Å²) in [5.41, 5.74) is -0.0629. The molecule has 1 unspecified atom stereocenters. The summed E-state index contributed by atoms with van der Waals surface area (Å²) in [6.07, 6.45) is 0.395. The van der Waals surface area contributed by atoms with Crippen molar-refractivity contribution < 1.29 is 9.59 Å². The number of hydrogen-bond acceptors (Lipinski definition) is 2. The molecule has 1 atom stereocenters. The Labute approximate surface area is 78.3 Å². The number of urea groups is 1. The van der Waals surface area contributed by atoms with Crippen LogP contribution in [-0.4, -0.2) is 29.9 Å². The predicted octanol–water partition coefficient (Wildman–Crippen LogP) is 0.973. The van der Waals surface area contributed by atoms with Gasteiger partial charge in [-0.2, -0.15) is 0 Å². The third-order valence-corrected chi connectivity index (χ3v) is 2.40. The molecule has 0 radical (unpaired) electrons. The minimum absolute atomic E-state index is 0.0521. The van der Waals surface area contributed by atoms with Crippen molar-refractivity contribution in [1.29, 1.82) is 0 Å². The van der Waals surface area contributed by atoms with Crippen molar-refractivity contribution in [2.45, 2.75) is 33.2 Å². The van der Waals surface area contributed by atoms with Gasteiger partial charge in [-0.1, -0.05) is 20.8 Å². The first-order valence-electron chi connectivity index (χ1n) is 4.39. The number of carbonyl (C=O) groups excluding carboxylic acids is 2. The number of amides is 3. The van der Waals surface area contributed by atoms with E-state index in [4.69, 9.17) is 0 Å². The largest absolute Gasteiger partial charge is 0.334 e. The zero-order valence-corrected chi connectivity index (χ0v) is 8.55. The highest BCUT2D eigenvalue weighted by Gasteiger charge is 2.35. The molecule has 74 valence electrons. The summed E-state index contributed by atoms with van der Waals surface area (Å²) in [7, 11) is 1.50. The first-order chi connectivity index (χ1) is 5.82. The molecular formula is C9H16N2O2. The third kappa shape index (κ3) is 1.99. The van der Waals surface area contributed by atoms with E-state index in [1.165, 1.54) is 7.05 Å². The minimum atomic E-state index is -0.295. The molecule has 0 spiro atoms. The van der Waals surface area contributed by atoms with Gasteiger partial charge in [0.25, 0.3) is 0 Å². The zero-order chi connectivity index (χ0) is 10.2. The highest BCUT2D eigenvalue weighted by molar-refractivity contribution is 5.97. The maximum absolute atomic E-state index is 11.3.